The van der Waals surface area contributed by atoms with Crippen LogP contribution in [-0.4, -0.2) is 9.78 Å². The van der Waals surface area contributed by atoms with E-state index >= 15 is 0 Å². The molecule has 0 fully saturated rings. The van der Waals surface area contributed by atoms with Gasteiger partial charge in [-0.3, -0.25) is 4.68 Å². The second-order valence-corrected chi connectivity index (χ2v) is 4.79. The summed E-state index contributed by atoms with van der Waals surface area (Å²) in [5.41, 5.74) is 4.87. The molecule has 0 spiro atoms. The van der Waals surface area contributed by atoms with Crippen LogP contribution in [0.15, 0.2) is 30.3 Å². The monoisotopic (exact) mass is 258 g/mol. The lowest BCUT2D eigenvalue weighted by Gasteiger charge is -2.06. The van der Waals surface area contributed by atoms with E-state index in [2.05, 4.69) is 67.8 Å². The smallest absolute Gasteiger partial charge is 0.0926 e. The van der Waals surface area contributed by atoms with Gasteiger partial charge in [0.05, 0.1) is 5.69 Å². The van der Waals surface area contributed by atoms with Crippen LogP contribution >= 0.6 is 0 Å². The maximum absolute atomic E-state index is 4.67. The summed E-state index contributed by atoms with van der Waals surface area (Å²) >= 11 is 0. The molecule has 0 bridgehead atoms. The lowest BCUT2D eigenvalue weighted by Crippen LogP contribution is -2.03. The van der Waals surface area contributed by atoms with Crippen LogP contribution in [0.5, 0.6) is 0 Å². The van der Waals surface area contributed by atoms with E-state index in [1.165, 1.54) is 16.8 Å². The van der Waals surface area contributed by atoms with Crippen molar-refractivity contribution in [3.05, 3.63) is 41.6 Å². The highest BCUT2D eigenvalue weighted by atomic mass is 15.3. The largest absolute Gasteiger partial charge is 0.269 e. The van der Waals surface area contributed by atoms with Gasteiger partial charge >= 0.3 is 0 Å². The first-order valence-corrected chi connectivity index (χ1v) is 7.26. The fraction of sp³-hybridized carbons (Fsp3) is 0.471. The Morgan fingerprint density at radius 3 is 2.11 bits per heavy atom. The number of aromatic nitrogens is 2. The van der Waals surface area contributed by atoms with Gasteiger partial charge < -0.3 is 0 Å². The highest BCUT2D eigenvalue weighted by molar-refractivity contribution is 5.59. The van der Waals surface area contributed by atoms with Gasteiger partial charge in [0.1, 0.15) is 0 Å². The third-order valence-electron chi connectivity index (χ3n) is 3.05. The molecule has 1 aromatic carbocycles. The number of aryl methyl sites for hydroxylation is 2. The Morgan fingerprint density at radius 2 is 1.68 bits per heavy atom. The van der Waals surface area contributed by atoms with Gasteiger partial charge in [-0.05, 0) is 25.8 Å². The topological polar surface area (TPSA) is 17.8 Å². The summed E-state index contributed by atoms with van der Waals surface area (Å²) in [7, 11) is 0. The Bertz CT molecular complexity index is 492. The van der Waals surface area contributed by atoms with Crippen molar-refractivity contribution >= 4 is 0 Å². The molecule has 0 aliphatic carbocycles. The van der Waals surface area contributed by atoms with Crippen LogP contribution in [0, 0.1) is 6.92 Å². The maximum atomic E-state index is 4.67. The SMILES string of the molecule is CC.CCn1nc(-c2ccc(C)cc2)cc1C(C)C. The van der Waals surface area contributed by atoms with E-state index < -0.39 is 0 Å². The number of nitrogens with zero attached hydrogens (tertiary/aromatic N) is 2. The molecule has 0 aliphatic rings. The van der Waals surface area contributed by atoms with Crippen LogP contribution in [0.3, 0.4) is 0 Å². The molecule has 0 amide bonds. The number of hydrogen-bond donors (Lipinski definition) is 0. The van der Waals surface area contributed by atoms with Gasteiger partial charge in [0.15, 0.2) is 0 Å². The van der Waals surface area contributed by atoms with Crippen molar-refractivity contribution in [2.75, 3.05) is 0 Å². The summed E-state index contributed by atoms with van der Waals surface area (Å²) in [6, 6.07) is 10.8. The van der Waals surface area contributed by atoms with E-state index in [0.717, 1.165) is 12.2 Å². The molecule has 2 rings (SSSR count). The molecular formula is C17H26N2. The fourth-order valence-corrected chi connectivity index (χ4v) is 2.01. The normalized spacial score (nSPS) is 10.3. The molecular weight excluding hydrogens is 232 g/mol. The molecule has 0 aliphatic heterocycles. The second-order valence-electron chi connectivity index (χ2n) is 4.79. The van der Waals surface area contributed by atoms with Crippen LogP contribution in [0.25, 0.3) is 11.3 Å². The Labute approximate surface area is 117 Å². The van der Waals surface area contributed by atoms with E-state index in [4.69, 9.17) is 0 Å². The van der Waals surface area contributed by atoms with Gasteiger partial charge in [0.2, 0.25) is 0 Å². The Kier molecular flexibility index (Phi) is 5.81. The Balaban J connectivity index is 0.000000861. The lowest BCUT2D eigenvalue weighted by molar-refractivity contribution is 0.599. The minimum atomic E-state index is 0.515. The van der Waals surface area contributed by atoms with Crippen molar-refractivity contribution in [3.8, 4) is 11.3 Å². The summed E-state index contributed by atoms with van der Waals surface area (Å²) in [4.78, 5) is 0. The minimum absolute atomic E-state index is 0.515. The lowest BCUT2D eigenvalue weighted by atomic mass is 10.1. The molecule has 0 N–H and O–H groups in total. The van der Waals surface area contributed by atoms with E-state index in [9.17, 15) is 0 Å². The summed E-state index contributed by atoms with van der Waals surface area (Å²) in [5.74, 6) is 0.515. The fourth-order valence-electron chi connectivity index (χ4n) is 2.01. The zero-order valence-corrected chi connectivity index (χ0v) is 13.1. The summed E-state index contributed by atoms with van der Waals surface area (Å²) < 4.78 is 2.10. The first-order chi connectivity index (χ1) is 9.11. The molecule has 104 valence electrons. The zero-order valence-electron chi connectivity index (χ0n) is 13.1. The molecule has 2 nitrogen and oxygen atoms in total. The van der Waals surface area contributed by atoms with E-state index in [0.29, 0.717) is 5.92 Å². The molecule has 0 saturated carbocycles. The van der Waals surface area contributed by atoms with Crippen molar-refractivity contribution in [1.82, 2.24) is 9.78 Å². The third kappa shape index (κ3) is 3.69. The molecule has 19 heavy (non-hydrogen) atoms. The van der Waals surface area contributed by atoms with Gasteiger partial charge in [-0.1, -0.05) is 57.5 Å². The van der Waals surface area contributed by atoms with Gasteiger partial charge in [0, 0.05) is 17.8 Å². The van der Waals surface area contributed by atoms with E-state index in [1.54, 1.807) is 0 Å². The molecule has 0 unspecified atom stereocenters. The average molecular weight is 258 g/mol. The molecule has 2 aromatic rings. The van der Waals surface area contributed by atoms with Gasteiger partial charge in [-0.2, -0.15) is 5.10 Å². The standard InChI is InChI=1S/C15H20N2.C2H6/c1-5-17-15(11(2)3)10-14(16-17)13-8-6-12(4)7-9-13;1-2/h6-11H,5H2,1-4H3;1-2H3. The van der Waals surface area contributed by atoms with Gasteiger partial charge in [0.25, 0.3) is 0 Å². The molecule has 0 atom stereocenters. The summed E-state index contributed by atoms with van der Waals surface area (Å²) in [6.07, 6.45) is 0. The van der Waals surface area contributed by atoms with Crippen molar-refractivity contribution in [2.45, 2.75) is 54.0 Å². The van der Waals surface area contributed by atoms with E-state index in [-0.39, 0.29) is 0 Å². The van der Waals surface area contributed by atoms with Crippen molar-refractivity contribution in [3.63, 3.8) is 0 Å². The quantitative estimate of drug-likeness (QED) is 0.755. The summed E-state index contributed by atoms with van der Waals surface area (Å²) in [5, 5.41) is 4.67. The van der Waals surface area contributed by atoms with Crippen LogP contribution in [0.1, 0.15) is 51.8 Å². The average Bonchev–Trinajstić information content (AvgIpc) is 2.86. The van der Waals surface area contributed by atoms with Crippen molar-refractivity contribution in [1.29, 1.82) is 0 Å². The highest BCUT2D eigenvalue weighted by Crippen LogP contribution is 2.23. The predicted molar refractivity (Wildman–Crippen MR) is 83.5 cm³/mol. The summed E-state index contributed by atoms with van der Waals surface area (Å²) in [6.45, 7) is 13.6. The van der Waals surface area contributed by atoms with E-state index in [1.807, 2.05) is 13.8 Å². The molecule has 0 saturated heterocycles. The van der Waals surface area contributed by atoms with Crippen molar-refractivity contribution < 1.29 is 0 Å². The molecule has 1 aromatic heterocycles. The molecule has 1 heterocycles. The van der Waals surface area contributed by atoms with Crippen molar-refractivity contribution in [2.24, 2.45) is 0 Å². The second kappa shape index (κ2) is 7.13. The predicted octanol–water partition coefficient (Wildman–Crippen LogP) is 5.03. The molecule has 2 heteroatoms. The maximum Gasteiger partial charge on any atom is 0.0926 e. The highest BCUT2D eigenvalue weighted by Gasteiger charge is 2.10. The first-order valence-electron chi connectivity index (χ1n) is 7.26. The van der Waals surface area contributed by atoms with Crippen LogP contribution < -0.4 is 0 Å². The van der Waals surface area contributed by atoms with Gasteiger partial charge in [-0.15, -0.1) is 0 Å². The Morgan fingerprint density at radius 1 is 1.11 bits per heavy atom. The van der Waals surface area contributed by atoms with Crippen LogP contribution in [0.4, 0.5) is 0 Å². The Hall–Kier alpha value is -1.57. The molecule has 0 radical (unpaired) electrons. The zero-order chi connectivity index (χ0) is 14.4. The number of benzene rings is 1. The third-order valence-corrected chi connectivity index (χ3v) is 3.05. The number of hydrogen-bond acceptors (Lipinski definition) is 1. The van der Waals surface area contributed by atoms with Crippen LogP contribution in [-0.2, 0) is 6.54 Å². The first kappa shape index (κ1) is 15.5. The minimum Gasteiger partial charge on any atom is -0.269 e. The number of rotatable bonds is 3. The van der Waals surface area contributed by atoms with Gasteiger partial charge in [-0.25, -0.2) is 0 Å². The van der Waals surface area contributed by atoms with Crippen LogP contribution in [0.2, 0.25) is 0 Å².